The molecule has 0 aromatic heterocycles. The molecule has 2 N–H and O–H groups in total. The fraction of sp³-hybridized carbons (Fsp3) is 0.950. The first-order chi connectivity index (χ1) is 23.0. The van der Waals surface area contributed by atoms with Gasteiger partial charge in [0.15, 0.2) is 16.2 Å². The molecule has 0 spiro atoms. The highest BCUT2D eigenvalue weighted by Crippen LogP contribution is 2.22. The van der Waals surface area contributed by atoms with E-state index in [0.717, 1.165) is 38.5 Å². The lowest BCUT2D eigenvalue weighted by molar-refractivity contribution is -0.0657. The topological polar surface area (TPSA) is 68.2 Å². The standard InChI is InChI=1S/C40H76O5S2/c1-3-5-7-9-11-13-15-17-19-21-23-25-27-29-31-37(46)43-33-35(41)40-39(42)36(34-44-40)45-38(47)32-30-28-26-24-22-20-18-16-14-12-10-8-6-4-2/h35-36,39-42H,3-34H2,1-2H3/t35-,36+,39-,40-/m0/s1. The zero-order valence-corrected chi connectivity index (χ0v) is 32.5. The number of hydrogen-bond acceptors (Lipinski definition) is 7. The van der Waals surface area contributed by atoms with Crippen molar-refractivity contribution in [2.45, 2.75) is 231 Å². The van der Waals surface area contributed by atoms with Crippen LogP contribution in [0.25, 0.3) is 0 Å². The third-order valence-corrected chi connectivity index (χ3v) is 10.3. The highest BCUT2D eigenvalue weighted by molar-refractivity contribution is 7.80. The van der Waals surface area contributed by atoms with Crippen molar-refractivity contribution in [1.29, 1.82) is 0 Å². The molecule has 0 aliphatic carbocycles. The predicted octanol–water partition coefficient (Wildman–Crippen LogP) is 11.9. The summed E-state index contributed by atoms with van der Waals surface area (Å²) in [5, 5.41) is 22.4. The molecule has 0 aromatic carbocycles. The summed E-state index contributed by atoms with van der Waals surface area (Å²) >= 11 is 10.8. The smallest absolute Gasteiger partial charge is 0.160 e. The Morgan fingerprint density at radius 2 is 0.915 bits per heavy atom. The summed E-state index contributed by atoms with van der Waals surface area (Å²) in [6.07, 6.45) is 35.3. The third kappa shape index (κ3) is 26.2. The van der Waals surface area contributed by atoms with Crippen molar-refractivity contribution >= 4 is 34.5 Å². The van der Waals surface area contributed by atoms with E-state index < -0.39 is 24.4 Å². The molecule has 1 rings (SSSR count). The van der Waals surface area contributed by atoms with E-state index >= 15 is 0 Å². The summed E-state index contributed by atoms with van der Waals surface area (Å²) in [4.78, 5) is 0. The van der Waals surface area contributed by atoms with Gasteiger partial charge >= 0.3 is 0 Å². The second-order valence-electron chi connectivity index (χ2n) is 14.3. The number of aliphatic hydroxyl groups is 2. The van der Waals surface area contributed by atoms with Crippen LogP contribution in [0.1, 0.15) is 206 Å². The molecular weight excluding hydrogens is 625 g/mol. The number of aliphatic hydroxyl groups excluding tert-OH is 2. The minimum Gasteiger partial charge on any atom is -0.484 e. The van der Waals surface area contributed by atoms with E-state index in [2.05, 4.69) is 13.8 Å². The normalized spacial score (nSPS) is 18.4. The van der Waals surface area contributed by atoms with Gasteiger partial charge in [-0.2, -0.15) is 0 Å². The Balaban J connectivity index is 1.97. The van der Waals surface area contributed by atoms with Gasteiger partial charge in [-0.3, -0.25) is 0 Å². The van der Waals surface area contributed by atoms with Crippen LogP contribution in [0.5, 0.6) is 0 Å². The summed E-state index contributed by atoms with van der Waals surface area (Å²) in [7, 11) is 0. The number of hydrogen-bond donors (Lipinski definition) is 2. The summed E-state index contributed by atoms with van der Waals surface area (Å²) in [5.41, 5.74) is 0. The first kappa shape index (κ1) is 44.7. The third-order valence-electron chi connectivity index (χ3n) is 9.72. The Kier molecular flexibility index (Phi) is 31.2. The molecule has 0 unspecified atom stereocenters. The molecule has 47 heavy (non-hydrogen) atoms. The van der Waals surface area contributed by atoms with E-state index in [-0.39, 0.29) is 13.2 Å². The van der Waals surface area contributed by atoms with Gasteiger partial charge < -0.3 is 24.4 Å². The van der Waals surface area contributed by atoms with Gasteiger partial charge in [0.25, 0.3) is 0 Å². The van der Waals surface area contributed by atoms with Gasteiger partial charge in [-0.15, -0.1) is 0 Å². The van der Waals surface area contributed by atoms with E-state index in [9.17, 15) is 10.2 Å². The van der Waals surface area contributed by atoms with E-state index in [4.69, 9.17) is 38.6 Å². The van der Waals surface area contributed by atoms with Gasteiger partial charge in [0.05, 0.1) is 6.61 Å². The Labute approximate surface area is 302 Å². The second-order valence-corrected chi connectivity index (χ2v) is 15.2. The lowest BCUT2D eigenvalue weighted by Gasteiger charge is -2.23. The summed E-state index contributed by atoms with van der Waals surface area (Å²) in [5.74, 6) is 0. The van der Waals surface area contributed by atoms with Crippen LogP contribution in [0.2, 0.25) is 0 Å². The zero-order valence-electron chi connectivity index (χ0n) is 30.9. The molecule has 0 amide bonds. The molecule has 7 heteroatoms. The zero-order chi connectivity index (χ0) is 34.2. The van der Waals surface area contributed by atoms with Gasteiger partial charge in [0, 0.05) is 12.8 Å². The maximum Gasteiger partial charge on any atom is 0.160 e. The molecule has 278 valence electrons. The summed E-state index contributed by atoms with van der Waals surface area (Å²) in [6, 6.07) is 0. The maximum absolute atomic E-state index is 10.7. The first-order valence-electron chi connectivity index (χ1n) is 20.3. The molecule has 0 bridgehead atoms. The minimum absolute atomic E-state index is 0.0232. The number of rotatable bonds is 34. The quantitative estimate of drug-likeness (QED) is 0.0511. The lowest BCUT2D eigenvalue weighted by atomic mass is 10.0. The van der Waals surface area contributed by atoms with Crippen molar-refractivity contribution in [3.8, 4) is 0 Å². The number of ether oxygens (including phenoxy) is 3. The average molecular weight is 701 g/mol. The van der Waals surface area contributed by atoms with Crippen LogP contribution in [0, 0.1) is 0 Å². The Bertz CT molecular complexity index is 721. The molecule has 1 aliphatic heterocycles. The minimum atomic E-state index is -0.966. The molecular formula is C40H76O5S2. The van der Waals surface area contributed by atoms with Crippen LogP contribution >= 0.6 is 24.4 Å². The fourth-order valence-electron chi connectivity index (χ4n) is 6.56. The highest BCUT2D eigenvalue weighted by atomic mass is 32.1. The largest absolute Gasteiger partial charge is 0.484 e. The molecule has 0 saturated carbocycles. The van der Waals surface area contributed by atoms with Crippen LogP contribution in [0.4, 0.5) is 0 Å². The fourth-order valence-corrected chi connectivity index (χ4v) is 7.04. The van der Waals surface area contributed by atoms with Crippen molar-refractivity contribution in [3.63, 3.8) is 0 Å². The molecule has 1 heterocycles. The Morgan fingerprint density at radius 3 is 1.30 bits per heavy atom. The van der Waals surface area contributed by atoms with Crippen LogP contribution in [0.15, 0.2) is 0 Å². The van der Waals surface area contributed by atoms with Crippen LogP contribution in [-0.2, 0) is 14.2 Å². The van der Waals surface area contributed by atoms with Crippen molar-refractivity contribution < 1.29 is 24.4 Å². The maximum atomic E-state index is 10.7. The van der Waals surface area contributed by atoms with E-state index in [1.54, 1.807) is 0 Å². The number of unbranched alkanes of at least 4 members (excludes halogenated alkanes) is 26. The van der Waals surface area contributed by atoms with Crippen molar-refractivity contribution in [2.75, 3.05) is 13.2 Å². The van der Waals surface area contributed by atoms with Gasteiger partial charge in [0.2, 0.25) is 0 Å². The number of thiocarbonyl (C=S) groups is 2. The second kappa shape index (κ2) is 32.8. The summed E-state index contributed by atoms with van der Waals surface area (Å²) in [6.45, 7) is 4.79. The molecule has 0 aromatic rings. The Hall–Kier alpha value is -0.340. The van der Waals surface area contributed by atoms with Crippen molar-refractivity contribution in [1.82, 2.24) is 0 Å². The van der Waals surface area contributed by atoms with Gasteiger partial charge in [-0.05, 0) is 37.3 Å². The molecule has 0 radical (unpaired) electrons. The van der Waals surface area contributed by atoms with Crippen LogP contribution in [0.3, 0.4) is 0 Å². The van der Waals surface area contributed by atoms with Gasteiger partial charge in [-0.25, -0.2) is 0 Å². The monoisotopic (exact) mass is 701 g/mol. The highest BCUT2D eigenvalue weighted by Gasteiger charge is 2.42. The van der Waals surface area contributed by atoms with Crippen LogP contribution < -0.4 is 0 Å². The van der Waals surface area contributed by atoms with Gasteiger partial charge in [0.1, 0.15) is 24.9 Å². The van der Waals surface area contributed by atoms with E-state index in [1.807, 2.05) is 0 Å². The molecule has 1 aliphatic rings. The SMILES string of the molecule is CCCCCCCCCCCCCCCCC(=S)OC[C@H](O)[C@@H]1OC[C@@H](OC(=S)CCCCCCCCCCCCCCCC)[C@@H]1O. The summed E-state index contributed by atoms with van der Waals surface area (Å²) < 4.78 is 17.2. The Morgan fingerprint density at radius 1 is 0.574 bits per heavy atom. The van der Waals surface area contributed by atoms with E-state index in [0.29, 0.717) is 10.1 Å². The average Bonchev–Trinajstić information content (AvgIpc) is 3.43. The van der Waals surface area contributed by atoms with Gasteiger partial charge in [-0.1, -0.05) is 181 Å². The van der Waals surface area contributed by atoms with E-state index in [1.165, 1.54) is 154 Å². The predicted molar refractivity (Wildman–Crippen MR) is 208 cm³/mol. The first-order valence-corrected chi connectivity index (χ1v) is 21.1. The molecule has 4 atom stereocenters. The lowest BCUT2D eigenvalue weighted by Crippen LogP contribution is -2.42. The molecule has 1 saturated heterocycles. The molecule has 5 nitrogen and oxygen atoms in total. The molecule has 1 fully saturated rings. The van der Waals surface area contributed by atoms with Crippen LogP contribution in [-0.4, -0.2) is 57.9 Å². The van der Waals surface area contributed by atoms with Crippen molar-refractivity contribution in [3.05, 3.63) is 0 Å². The van der Waals surface area contributed by atoms with Crippen molar-refractivity contribution in [2.24, 2.45) is 0 Å².